The summed E-state index contributed by atoms with van der Waals surface area (Å²) in [7, 11) is 0. The minimum Gasteiger partial charge on any atom is -0.481 e. The highest BCUT2D eigenvalue weighted by atomic mass is 32.2. The lowest BCUT2D eigenvalue weighted by Crippen LogP contribution is -2.48. The van der Waals surface area contributed by atoms with Crippen LogP contribution in [0.3, 0.4) is 0 Å². The largest absolute Gasteiger partial charge is 0.481 e. The van der Waals surface area contributed by atoms with Crippen molar-refractivity contribution in [3.63, 3.8) is 0 Å². The van der Waals surface area contributed by atoms with Crippen LogP contribution in [-0.2, 0) is 9.59 Å². The van der Waals surface area contributed by atoms with Gasteiger partial charge in [-0.15, -0.1) is 11.8 Å². The zero-order chi connectivity index (χ0) is 15.3. The van der Waals surface area contributed by atoms with E-state index >= 15 is 0 Å². The number of carboxylic acids is 1. The molecule has 1 aromatic carbocycles. The van der Waals surface area contributed by atoms with Gasteiger partial charge in [0.1, 0.15) is 0 Å². The van der Waals surface area contributed by atoms with Gasteiger partial charge in [-0.1, -0.05) is 30.5 Å². The predicted molar refractivity (Wildman–Crippen MR) is 83.5 cm³/mol. The maximum absolute atomic E-state index is 12.1. The molecule has 0 aliphatic heterocycles. The highest BCUT2D eigenvalue weighted by molar-refractivity contribution is 8.00. The number of rotatable bonds is 6. The molecule has 1 amide bonds. The molecule has 0 unspecified atom stereocenters. The van der Waals surface area contributed by atoms with Crippen LogP contribution in [0.5, 0.6) is 0 Å². The predicted octanol–water partition coefficient (Wildman–Crippen LogP) is 2.99. The third-order valence-electron chi connectivity index (χ3n) is 3.85. The lowest BCUT2D eigenvalue weighted by Gasteiger charge is -2.28. The summed E-state index contributed by atoms with van der Waals surface area (Å²) in [4.78, 5) is 24.1. The molecule has 1 fully saturated rings. The van der Waals surface area contributed by atoms with E-state index in [0.29, 0.717) is 5.75 Å². The van der Waals surface area contributed by atoms with E-state index in [1.165, 1.54) is 17.3 Å². The fourth-order valence-corrected chi connectivity index (χ4v) is 3.50. The van der Waals surface area contributed by atoms with Gasteiger partial charge >= 0.3 is 5.97 Å². The third kappa shape index (κ3) is 4.77. The Labute approximate surface area is 129 Å². The van der Waals surface area contributed by atoms with Gasteiger partial charge in [0.25, 0.3) is 0 Å². The topological polar surface area (TPSA) is 66.4 Å². The average Bonchev–Trinajstić information content (AvgIpc) is 2.85. The summed E-state index contributed by atoms with van der Waals surface area (Å²) >= 11 is 1.48. The van der Waals surface area contributed by atoms with E-state index in [4.69, 9.17) is 5.11 Å². The van der Waals surface area contributed by atoms with Crippen molar-refractivity contribution in [3.8, 4) is 0 Å². The number of hydrogen-bond donors (Lipinski definition) is 2. The van der Waals surface area contributed by atoms with Gasteiger partial charge in [0.05, 0.1) is 17.7 Å². The molecule has 2 N–H and O–H groups in total. The number of carboxylic acid groups (broad SMARTS) is 1. The van der Waals surface area contributed by atoms with Crippen molar-refractivity contribution in [3.05, 3.63) is 29.8 Å². The molecule has 0 atom stereocenters. The van der Waals surface area contributed by atoms with Crippen molar-refractivity contribution in [1.29, 1.82) is 0 Å². The quantitative estimate of drug-likeness (QED) is 0.793. The van der Waals surface area contributed by atoms with Crippen molar-refractivity contribution in [2.45, 2.75) is 49.5 Å². The highest BCUT2D eigenvalue weighted by Gasteiger charge is 2.37. The summed E-state index contributed by atoms with van der Waals surface area (Å²) in [5.74, 6) is -0.600. The summed E-state index contributed by atoms with van der Waals surface area (Å²) in [6.07, 6.45) is 3.52. The highest BCUT2D eigenvalue weighted by Crippen LogP contribution is 2.32. The van der Waals surface area contributed by atoms with E-state index < -0.39 is 11.5 Å². The molecule has 1 saturated carbocycles. The standard InChI is InChI=1S/C16H21NO3S/c1-12-4-6-13(7-5-12)21-11-14(18)17-16(10-15(19)20)8-2-3-9-16/h4-7H,2-3,8-11H2,1H3,(H,17,18)(H,19,20). The molecule has 1 aliphatic rings. The first-order valence-electron chi connectivity index (χ1n) is 7.21. The normalized spacial score (nSPS) is 16.6. The zero-order valence-corrected chi connectivity index (χ0v) is 13.0. The summed E-state index contributed by atoms with van der Waals surface area (Å²) in [5.41, 5.74) is 0.659. The molecule has 4 nitrogen and oxygen atoms in total. The molecule has 0 heterocycles. The Bertz CT molecular complexity index is 507. The maximum Gasteiger partial charge on any atom is 0.305 e. The summed E-state index contributed by atoms with van der Waals surface area (Å²) in [6, 6.07) is 8.03. The molecule has 0 radical (unpaired) electrons. The number of aryl methyl sites for hydroxylation is 1. The van der Waals surface area contributed by atoms with E-state index in [1.807, 2.05) is 31.2 Å². The second-order valence-electron chi connectivity index (χ2n) is 5.71. The first-order chi connectivity index (χ1) is 9.99. The van der Waals surface area contributed by atoms with E-state index in [0.717, 1.165) is 30.6 Å². The molecule has 2 rings (SSSR count). The van der Waals surface area contributed by atoms with Gasteiger partial charge < -0.3 is 10.4 Å². The zero-order valence-electron chi connectivity index (χ0n) is 12.2. The second kappa shape index (κ2) is 6.98. The van der Waals surface area contributed by atoms with Gasteiger partial charge in [0.2, 0.25) is 5.91 Å². The average molecular weight is 307 g/mol. The van der Waals surface area contributed by atoms with Crippen LogP contribution in [0, 0.1) is 6.92 Å². The van der Waals surface area contributed by atoms with Crippen LogP contribution in [0.2, 0.25) is 0 Å². The molecule has 1 aromatic rings. The molecule has 0 aromatic heterocycles. The van der Waals surface area contributed by atoms with Crippen LogP contribution in [0.1, 0.15) is 37.7 Å². The maximum atomic E-state index is 12.1. The second-order valence-corrected chi connectivity index (χ2v) is 6.76. The number of benzene rings is 1. The molecule has 1 aliphatic carbocycles. The molecule has 0 bridgehead atoms. The van der Waals surface area contributed by atoms with Gasteiger partial charge in [-0.05, 0) is 31.9 Å². The first-order valence-corrected chi connectivity index (χ1v) is 8.20. The fourth-order valence-electron chi connectivity index (χ4n) is 2.80. The lowest BCUT2D eigenvalue weighted by atomic mass is 9.93. The molecular formula is C16H21NO3S. The summed E-state index contributed by atoms with van der Waals surface area (Å²) in [6.45, 7) is 2.02. The Morgan fingerprint density at radius 3 is 2.43 bits per heavy atom. The number of carbonyl (C=O) groups is 2. The van der Waals surface area contributed by atoms with Gasteiger partial charge in [0.15, 0.2) is 0 Å². The molecule has 0 saturated heterocycles. The minimum absolute atomic E-state index is 0.0218. The molecule has 5 heteroatoms. The van der Waals surface area contributed by atoms with Crippen molar-refractivity contribution in [1.82, 2.24) is 5.32 Å². The van der Waals surface area contributed by atoms with Crippen LogP contribution in [0.15, 0.2) is 29.2 Å². The Kier molecular flexibility index (Phi) is 5.28. The number of hydrogen-bond acceptors (Lipinski definition) is 3. The van der Waals surface area contributed by atoms with E-state index in [1.54, 1.807) is 0 Å². The van der Waals surface area contributed by atoms with Gasteiger partial charge in [-0.3, -0.25) is 9.59 Å². The Morgan fingerprint density at radius 1 is 1.24 bits per heavy atom. The van der Waals surface area contributed by atoms with Crippen LogP contribution >= 0.6 is 11.8 Å². The molecule has 0 spiro atoms. The Hall–Kier alpha value is -1.49. The van der Waals surface area contributed by atoms with Gasteiger partial charge in [-0.2, -0.15) is 0 Å². The smallest absolute Gasteiger partial charge is 0.305 e. The van der Waals surface area contributed by atoms with Crippen LogP contribution in [0.25, 0.3) is 0 Å². The Morgan fingerprint density at radius 2 is 1.86 bits per heavy atom. The van der Waals surface area contributed by atoms with Crippen LogP contribution < -0.4 is 5.32 Å². The van der Waals surface area contributed by atoms with Gasteiger partial charge in [-0.25, -0.2) is 0 Å². The van der Waals surface area contributed by atoms with E-state index in [2.05, 4.69) is 5.32 Å². The van der Waals surface area contributed by atoms with Crippen molar-refractivity contribution < 1.29 is 14.7 Å². The van der Waals surface area contributed by atoms with Crippen molar-refractivity contribution >= 4 is 23.6 Å². The number of thioether (sulfide) groups is 1. The van der Waals surface area contributed by atoms with Crippen molar-refractivity contribution in [2.75, 3.05) is 5.75 Å². The molecular weight excluding hydrogens is 286 g/mol. The SMILES string of the molecule is Cc1ccc(SCC(=O)NC2(CC(=O)O)CCCC2)cc1. The number of aliphatic carboxylic acids is 1. The van der Waals surface area contributed by atoms with Crippen LogP contribution in [-0.4, -0.2) is 28.3 Å². The fraction of sp³-hybridized carbons (Fsp3) is 0.500. The lowest BCUT2D eigenvalue weighted by molar-refractivity contribution is -0.139. The third-order valence-corrected chi connectivity index (χ3v) is 4.86. The number of nitrogens with one attached hydrogen (secondary N) is 1. The van der Waals surface area contributed by atoms with Gasteiger partial charge in [0, 0.05) is 4.90 Å². The number of carbonyl (C=O) groups excluding carboxylic acids is 1. The van der Waals surface area contributed by atoms with Crippen molar-refractivity contribution in [2.24, 2.45) is 0 Å². The molecule has 21 heavy (non-hydrogen) atoms. The van der Waals surface area contributed by atoms with E-state index in [9.17, 15) is 9.59 Å². The monoisotopic (exact) mass is 307 g/mol. The Balaban J connectivity index is 1.87. The number of amides is 1. The molecule has 114 valence electrons. The van der Waals surface area contributed by atoms with Crippen LogP contribution in [0.4, 0.5) is 0 Å². The summed E-state index contributed by atoms with van der Waals surface area (Å²) in [5, 5.41) is 12.0. The summed E-state index contributed by atoms with van der Waals surface area (Å²) < 4.78 is 0. The van der Waals surface area contributed by atoms with E-state index in [-0.39, 0.29) is 12.3 Å². The minimum atomic E-state index is -0.844. The first kappa shape index (κ1) is 15.9.